The van der Waals surface area contributed by atoms with Gasteiger partial charge >= 0.3 is 12.3 Å². The quantitative estimate of drug-likeness (QED) is 0.598. The number of nitrogens with zero attached hydrogens (tertiary/aromatic N) is 2. The van der Waals surface area contributed by atoms with Gasteiger partial charge in [0.25, 0.3) is 0 Å². The lowest BCUT2D eigenvalue weighted by Gasteiger charge is -2.12. The van der Waals surface area contributed by atoms with Crippen molar-refractivity contribution in [3.05, 3.63) is 64.1 Å². The van der Waals surface area contributed by atoms with Gasteiger partial charge in [-0.25, -0.2) is 9.78 Å². The van der Waals surface area contributed by atoms with E-state index in [0.717, 1.165) is 10.9 Å². The standard InChI is InChI=1S/C20H16ClF3N2O3/c1-4-13-14(15(21)8-25-18(13)19(27)28)6-11-9-26(3)16-7-12(29-20(22,23)24)5-10(2)17(11)16/h4-5,7-9H,1,6H2,2-3H3,(H,27,28). The van der Waals surface area contributed by atoms with E-state index in [4.69, 9.17) is 11.6 Å². The summed E-state index contributed by atoms with van der Waals surface area (Å²) in [5.74, 6) is -1.52. The first-order valence-electron chi connectivity index (χ1n) is 8.39. The third-order valence-corrected chi connectivity index (χ3v) is 4.85. The molecule has 2 aromatic heterocycles. The van der Waals surface area contributed by atoms with Gasteiger partial charge in [0.05, 0.1) is 10.5 Å². The van der Waals surface area contributed by atoms with Crippen LogP contribution < -0.4 is 4.74 Å². The third kappa shape index (κ3) is 4.07. The summed E-state index contributed by atoms with van der Waals surface area (Å²) in [6, 6.07) is 2.62. The molecule has 29 heavy (non-hydrogen) atoms. The number of carbonyl (C=O) groups is 1. The molecule has 1 N–H and O–H groups in total. The predicted molar refractivity (Wildman–Crippen MR) is 103 cm³/mol. The monoisotopic (exact) mass is 424 g/mol. The molecule has 0 aliphatic carbocycles. The van der Waals surface area contributed by atoms with Crippen molar-refractivity contribution in [2.75, 3.05) is 0 Å². The number of carboxylic acid groups (broad SMARTS) is 1. The molecule has 0 saturated heterocycles. The van der Waals surface area contributed by atoms with Crippen molar-refractivity contribution in [2.24, 2.45) is 7.05 Å². The minimum atomic E-state index is -4.79. The van der Waals surface area contributed by atoms with Crippen molar-refractivity contribution < 1.29 is 27.8 Å². The molecular formula is C20H16ClF3N2O3. The predicted octanol–water partition coefficient (Wildman–Crippen LogP) is 5.37. The Bertz CT molecular complexity index is 1140. The summed E-state index contributed by atoms with van der Waals surface area (Å²) < 4.78 is 43.5. The highest BCUT2D eigenvalue weighted by atomic mass is 35.5. The zero-order valence-electron chi connectivity index (χ0n) is 15.5. The number of pyridine rings is 1. The number of carboxylic acids is 1. The maximum absolute atomic E-state index is 12.6. The van der Waals surface area contributed by atoms with Crippen LogP contribution in [-0.4, -0.2) is 27.0 Å². The number of benzene rings is 1. The Morgan fingerprint density at radius 1 is 1.41 bits per heavy atom. The lowest BCUT2D eigenvalue weighted by molar-refractivity contribution is -0.274. The van der Waals surface area contributed by atoms with Crippen LogP contribution in [-0.2, 0) is 13.5 Å². The average Bonchev–Trinajstić information content (AvgIpc) is 2.91. The molecule has 0 aliphatic heterocycles. The first kappa shape index (κ1) is 20.7. The molecule has 5 nitrogen and oxygen atoms in total. The second kappa shape index (κ2) is 7.44. The molecule has 1 aromatic carbocycles. The third-order valence-electron chi connectivity index (χ3n) is 4.52. The molecule has 0 amide bonds. The van der Waals surface area contributed by atoms with Gasteiger partial charge in [-0.3, -0.25) is 0 Å². The summed E-state index contributed by atoms with van der Waals surface area (Å²) in [6.07, 6.45) is -0.129. The van der Waals surface area contributed by atoms with E-state index in [0.29, 0.717) is 22.2 Å². The van der Waals surface area contributed by atoms with Gasteiger partial charge < -0.3 is 14.4 Å². The van der Waals surface area contributed by atoms with Crippen LogP contribution >= 0.6 is 11.6 Å². The highest BCUT2D eigenvalue weighted by Gasteiger charge is 2.31. The molecule has 9 heteroatoms. The van der Waals surface area contributed by atoms with E-state index in [2.05, 4.69) is 16.3 Å². The number of hydrogen-bond acceptors (Lipinski definition) is 3. The molecule has 0 atom stereocenters. The van der Waals surface area contributed by atoms with Crippen molar-refractivity contribution in [1.82, 2.24) is 9.55 Å². The Morgan fingerprint density at radius 3 is 2.69 bits per heavy atom. The van der Waals surface area contributed by atoms with Crippen LogP contribution in [0.1, 0.15) is 32.7 Å². The first-order valence-corrected chi connectivity index (χ1v) is 8.77. The van der Waals surface area contributed by atoms with Gasteiger partial charge in [-0.2, -0.15) is 0 Å². The average molecular weight is 425 g/mol. The molecule has 3 rings (SSSR count). The fraction of sp³-hybridized carbons (Fsp3) is 0.200. The topological polar surface area (TPSA) is 64.3 Å². The minimum Gasteiger partial charge on any atom is -0.476 e. The number of aromatic nitrogens is 2. The van der Waals surface area contributed by atoms with Gasteiger partial charge in [0.1, 0.15) is 5.75 Å². The number of aryl methyl sites for hydroxylation is 2. The van der Waals surface area contributed by atoms with E-state index in [-0.39, 0.29) is 22.9 Å². The van der Waals surface area contributed by atoms with E-state index in [9.17, 15) is 23.1 Å². The molecule has 0 bridgehead atoms. The van der Waals surface area contributed by atoms with Crippen molar-refractivity contribution in [3.8, 4) is 5.75 Å². The molecule has 0 fully saturated rings. The Labute approximate surface area is 169 Å². The van der Waals surface area contributed by atoms with Gasteiger partial charge in [-0.15, -0.1) is 13.2 Å². The summed E-state index contributed by atoms with van der Waals surface area (Å²) in [7, 11) is 1.70. The van der Waals surface area contributed by atoms with Gasteiger partial charge in [0.2, 0.25) is 0 Å². The van der Waals surface area contributed by atoms with Crippen LogP contribution in [0.2, 0.25) is 5.02 Å². The Morgan fingerprint density at radius 2 is 2.10 bits per heavy atom. The maximum atomic E-state index is 12.6. The summed E-state index contributed by atoms with van der Waals surface area (Å²) in [6.45, 7) is 5.34. The van der Waals surface area contributed by atoms with E-state index < -0.39 is 12.3 Å². The van der Waals surface area contributed by atoms with Crippen LogP contribution in [0.5, 0.6) is 5.75 Å². The van der Waals surface area contributed by atoms with E-state index in [1.54, 1.807) is 24.7 Å². The highest BCUT2D eigenvalue weighted by Crippen LogP contribution is 2.34. The van der Waals surface area contributed by atoms with E-state index in [1.165, 1.54) is 24.4 Å². The molecule has 3 aromatic rings. The second-order valence-electron chi connectivity index (χ2n) is 6.48. The Hall–Kier alpha value is -3.00. The number of hydrogen-bond donors (Lipinski definition) is 1. The normalized spacial score (nSPS) is 11.7. The molecule has 2 heterocycles. The van der Waals surface area contributed by atoms with Crippen LogP contribution in [0.3, 0.4) is 0 Å². The van der Waals surface area contributed by atoms with Crippen LogP contribution in [0.4, 0.5) is 13.2 Å². The molecule has 0 saturated carbocycles. The first-order chi connectivity index (χ1) is 13.5. The summed E-state index contributed by atoms with van der Waals surface area (Å²) in [5, 5.41) is 10.4. The van der Waals surface area contributed by atoms with Crippen molar-refractivity contribution in [2.45, 2.75) is 19.7 Å². The molecule has 0 aliphatic rings. The summed E-state index contributed by atoms with van der Waals surface area (Å²) >= 11 is 6.28. The van der Waals surface area contributed by atoms with Crippen LogP contribution in [0.15, 0.2) is 31.1 Å². The SMILES string of the molecule is C=Cc1c(C(=O)O)ncc(Cl)c1Cc1cn(C)c2cc(OC(F)(F)F)cc(C)c12. The fourth-order valence-corrected chi connectivity index (χ4v) is 3.64. The highest BCUT2D eigenvalue weighted by molar-refractivity contribution is 6.31. The lowest BCUT2D eigenvalue weighted by Crippen LogP contribution is -2.17. The number of ether oxygens (including phenoxy) is 1. The molecule has 0 spiro atoms. The van der Waals surface area contributed by atoms with Gasteiger partial charge in [0.15, 0.2) is 5.69 Å². The molecular weight excluding hydrogens is 409 g/mol. The number of rotatable bonds is 5. The summed E-state index contributed by atoms with van der Waals surface area (Å²) in [5.41, 5.74) is 2.56. The summed E-state index contributed by atoms with van der Waals surface area (Å²) in [4.78, 5) is 15.3. The Balaban J connectivity index is 2.15. The van der Waals surface area contributed by atoms with E-state index in [1.807, 2.05) is 0 Å². The maximum Gasteiger partial charge on any atom is 0.573 e. The van der Waals surface area contributed by atoms with Crippen LogP contribution in [0.25, 0.3) is 17.0 Å². The number of halogens is 4. The van der Waals surface area contributed by atoms with Crippen LogP contribution in [0, 0.1) is 6.92 Å². The zero-order chi connectivity index (χ0) is 21.5. The lowest BCUT2D eigenvalue weighted by atomic mass is 9.97. The Kier molecular flexibility index (Phi) is 5.32. The molecule has 0 radical (unpaired) electrons. The minimum absolute atomic E-state index is 0.169. The smallest absolute Gasteiger partial charge is 0.476 e. The molecule has 0 unspecified atom stereocenters. The second-order valence-corrected chi connectivity index (χ2v) is 6.89. The zero-order valence-corrected chi connectivity index (χ0v) is 16.2. The molecule has 152 valence electrons. The van der Waals surface area contributed by atoms with Gasteiger partial charge in [-0.1, -0.05) is 24.3 Å². The van der Waals surface area contributed by atoms with Crippen molar-refractivity contribution in [1.29, 1.82) is 0 Å². The van der Waals surface area contributed by atoms with Crippen molar-refractivity contribution >= 4 is 34.5 Å². The van der Waals surface area contributed by atoms with E-state index >= 15 is 0 Å². The van der Waals surface area contributed by atoms with Gasteiger partial charge in [0, 0.05) is 42.9 Å². The van der Waals surface area contributed by atoms with Gasteiger partial charge in [-0.05, 0) is 29.7 Å². The number of alkyl halides is 3. The largest absolute Gasteiger partial charge is 0.573 e. The fourth-order valence-electron chi connectivity index (χ4n) is 3.43. The number of aromatic carboxylic acids is 1. The number of fused-ring (bicyclic) bond motifs is 1. The van der Waals surface area contributed by atoms with Crippen molar-refractivity contribution in [3.63, 3.8) is 0 Å².